The molecule has 0 aliphatic carbocycles. The summed E-state index contributed by atoms with van der Waals surface area (Å²) in [5, 5.41) is 13.5. The smallest absolute Gasteiger partial charge is 0.416 e. The highest BCUT2D eigenvalue weighted by Gasteiger charge is 2.32. The maximum atomic E-state index is 13.9. The summed E-state index contributed by atoms with van der Waals surface area (Å²) in [4.78, 5) is 25.0. The standard InChI is InChI=1S/C22H16Cl2F4N2O3/c1-30-18(12-6-13(22(26,27)28)8-15(25)7-12)10-16(19(31)21(30)33)20(32)29-5-4-11-2-3-14(23)9-17(11)24/h2-3,6-10,31H,4-5H2,1H3,(H,29,32). The van der Waals surface area contributed by atoms with Gasteiger partial charge in [0.15, 0.2) is 5.75 Å². The fraction of sp³-hybridized carbons (Fsp3) is 0.182. The number of pyridine rings is 1. The molecule has 174 valence electrons. The molecule has 5 nitrogen and oxygen atoms in total. The van der Waals surface area contributed by atoms with Gasteiger partial charge in [-0.3, -0.25) is 9.59 Å². The first-order valence-electron chi connectivity index (χ1n) is 9.41. The van der Waals surface area contributed by atoms with E-state index in [1.54, 1.807) is 12.1 Å². The van der Waals surface area contributed by atoms with Gasteiger partial charge in [0.25, 0.3) is 11.5 Å². The van der Waals surface area contributed by atoms with Crippen LogP contribution in [0, 0.1) is 5.82 Å². The molecule has 33 heavy (non-hydrogen) atoms. The molecular formula is C22H16Cl2F4N2O3. The van der Waals surface area contributed by atoms with Gasteiger partial charge in [-0.15, -0.1) is 0 Å². The van der Waals surface area contributed by atoms with Crippen molar-refractivity contribution in [3.63, 3.8) is 0 Å². The van der Waals surface area contributed by atoms with Crippen molar-refractivity contribution in [2.24, 2.45) is 7.05 Å². The van der Waals surface area contributed by atoms with E-state index in [1.165, 1.54) is 13.1 Å². The number of carbonyl (C=O) groups is 1. The van der Waals surface area contributed by atoms with Crippen molar-refractivity contribution in [1.82, 2.24) is 9.88 Å². The molecule has 3 aromatic rings. The molecule has 0 aliphatic rings. The van der Waals surface area contributed by atoms with Crippen molar-refractivity contribution in [2.45, 2.75) is 12.6 Å². The van der Waals surface area contributed by atoms with Crippen LogP contribution < -0.4 is 10.9 Å². The Bertz CT molecular complexity index is 1290. The van der Waals surface area contributed by atoms with Gasteiger partial charge in [-0.2, -0.15) is 13.2 Å². The van der Waals surface area contributed by atoms with Crippen LogP contribution in [0.2, 0.25) is 10.0 Å². The van der Waals surface area contributed by atoms with Gasteiger partial charge in [-0.05, 0) is 48.4 Å². The lowest BCUT2D eigenvalue weighted by Crippen LogP contribution is -2.29. The highest BCUT2D eigenvalue weighted by Crippen LogP contribution is 2.33. The minimum absolute atomic E-state index is 0.0718. The number of aromatic hydroxyl groups is 1. The van der Waals surface area contributed by atoms with E-state index in [1.807, 2.05) is 0 Å². The molecule has 0 spiro atoms. The number of nitrogens with one attached hydrogen (secondary N) is 1. The van der Waals surface area contributed by atoms with Gasteiger partial charge in [0.2, 0.25) is 0 Å². The lowest BCUT2D eigenvalue weighted by Gasteiger charge is -2.15. The van der Waals surface area contributed by atoms with Gasteiger partial charge in [-0.1, -0.05) is 29.3 Å². The molecule has 0 saturated heterocycles. The number of halogens is 6. The maximum Gasteiger partial charge on any atom is 0.416 e. The van der Waals surface area contributed by atoms with E-state index in [0.29, 0.717) is 34.2 Å². The average molecular weight is 503 g/mol. The van der Waals surface area contributed by atoms with Gasteiger partial charge in [0, 0.05) is 29.2 Å². The van der Waals surface area contributed by atoms with E-state index in [2.05, 4.69) is 5.32 Å². The Labute approximate surface area is 195 Å². The number of aromatic nitrogens is 1. The minimum Gasteiger partial charge on any atom is -0.502 e. The molecule has 0 atom stereocenters. The summed E-state index contributed by atoms with van der Waals surface area (Å²) < 4.78 is 54.0. The molecule has 0 fully saturated rings. The molecule has 0 radical (unpaired) electrons. The second kappa shape index (κ2) is 9.44. The van der Waals surface area contributed by atoms with Crippen molar-refractivity contribution in [3.8, 4) is 17.0 Å². The number of rotatable bonds is 5. The zero-order valence-electron chi connectivity index (χ0n) is 16.9. The Hall–Kier alpha value is -3.04. The topological polar surface area (TPSA) is 71.3 Å². The Morgan fingerprint density at radius 1 is 1.12 bits per heavy atom. The second-order valence-electron chi connectivity index (χ2n) is 7.12. The molecule has 0 saturated carbocycles. The summed E-state index contributed by atoms with van der Waals surface area (Å²) in [6.07, 6.45) is -4.52. The summed E-state index contributed by atoms with van der Waals surface area (Å²) >= 11 is 11.9. The summed E-state index contributed by atoms with van der Waals surface area (Å²) in [5.41, 5.74) is -2.54. The zero-order chi connectivity index (χ0) is 24.5. The van der Waals surface area contributed by atoms with Crippen molar-refractivity contribution in [3.05, 3.63) is 85.4 Å². The Kier molecular flexibility index (Phi) is 7.04. The molecule has 2 N–H and O–H groups in total. The van der Waals surface area contributed by atoms with Crippen LogP contribution in [0.3, 0.4) is 0 Å². The maximum absolute atomic E-state index is 13.9. The van der Waals surface area contributed by atoms with Crippen LogP contribution in [0.15, 0.2) is 47.3 Å². The number of nitrogens with zero attached hydrogens (tertiary/aromatic N) is 1. The van der Waals surface area contributed by atoms with Gasteiger partial charge >= 0.3 is 6.18 Å². The first-order valence-corrected chi connectivity index (χ1v) is 10.2. The summed E-state index contributed by atoms with van der Waals surface area (Å²) in [6.45, 7) is 0.0718. The van der Waals surface area contributed by atoms with Gasteiger partial charge in [0.05, 0.1) is 16.8 Å². The van der Waals surface area contributed by atoms with Crippen LogP contribution in [0.5, 0.6) is 5.75 Å². The van der Waals surface area contributed by atoms with E-state index in [4.69, 9.17) is 23.2 Å². The van der Waals surface area contributed by atoms with Crippen molar-refractivity contribution < 1.29 is 27.5 Å². The van der Waals surface area contributed by atoms with E-state index in [0.717, 1.165) is 16.7 Å². The number of hydrogen-bond donors (Lipinski definition) is 2. The van der Waals surface area contributed by atoms with E-state index in [9.17, 15) is 32.3 Å². The predicted molar refractivity (Wildman–Crippen MR) is 116 cm³/mol. The highest BCUT2D eigenvalue weighted by atomic mass is 35.5. The first kappa shape index (κ1) is 24.6. The van der Waals surface area contributed by atoms with Crippen LogP contribution >= 0.6 is 23.2 Å². The van der Waals surface area contributed by atoms with Crippen LogP contribution in [-0.4, -0.2) is 22.1 Å². The average Bonchev–Trinajstić information content (AvgIpc) is 2.72. The molecule has 1 heterocycles. The first-order chi connectivity index (χ1) is 15.4. The quantitative estimate of drug-likeness (QED) is 0.471. The predicted octanol–water partition coefficient (Wildman–Crippen LogP) is 5.20. The molecule has 1 aromatic heterocycles. The lowest BCUT2D eigenvalue weighted by molar-refractivity contribution is -0.137. The molecule has 1 amide bonds. The third kappa shape index (κ3) is 5.48. The fourth-order valence-corrected chi connectivity index (χ4v) is 3.67. The number of alkyl halides is 3. The number of amides is 1. The third-order valence-corrected chi connectivity index (χ3v) is 5.45. The minimum atomic E-state index is -4.82. The molecule has 11 heteroatoms. The van der Waals surface area contributed by atoms with Crippen LogP contribution in [-0.2, 0) is 19.6 Å². The van der Waals surface area contributed by atoms with Gasteiger partial charge < -0.3 is 15.0 Å². The van der Waals surface area contributed by atoms with Gasteiger partial charge in [-0.25, -0.2) is 4.39 Å². The van der Waals surface area contributed by atoms with E-state index < -0.39 is 40.3 Å². The Morgan fingerprint density at radius 3 is 2.45 bits per heavy atom. The van der Waals surface area contributed by atoms with E-state index >= 15 is 0 Å². The van der Waals surface area contributed by atoms with Crippen LogP contribution in [0.4, 0.5) is 17.6 Å². The molecule has 0 unspecified atom stereocenters. The molecule has 0 aliphatic heterocycles. The zero-order valence-corrected chi connectivity index (χ0v) is 18.4. The van der Waals surface area contributed by atoms with Crippen molar-refractivity contribution in [2.75, 3.05) is 6.54 Å². The molecule has 2 aromatic carbocycles. The third-order valence-electron chi connectivity index (χ3n) is 4.87. The number of hydrogen-bond acceptors (Lipinski definition) is 3. The monoisotopic (exact) mass is 502 g/mol. The summed E-state index contributed by atoms with van der Waals surface area (Å²) in [6, 6.07) is 7.62. The second-order valence-corrected chi connectivity index (χ2v) is 7.97. The number of carbonyl (C=O) groups excluding carboxylic acids is 1. The lowest BCUT2D eigenvalue weighted by atomic mass is 10.0. The van der Waals surface area contributed by atoms with Crippen LogP contribution in [0.1, 0.15) is 21.5 Å². The van der Waals surface area contributed by atoms with Crippen molar-refractivity contribution >= 4 is 29.1 Å². The summed E-state index contributed by atoms with van der Waals surface area (Å²) in [5.74, 6) is -2.91. The van der Waals surface area contributed by atoms with Crippen molar-refractivity contribution in [1.29, 1.82) is 0 Å². The fourth-order valence-electron chi connectivity index (χ4n) is 3.17. The largest absolute Gasteiger partial charge is 0.502 e. The molecule has 3 rings (SSSR count). The van der Waals surface area contributed by atoms with Gasteiger partial charge in [0.1, 0.15) is 5.82 Å². The number of benzene rings is 2. The van der Waals surface area contributed by atoms with Crippen LogP contribution in [0.25, 0.3) is 11.3 Å². The SMILES string of the molecule is Cn1c(-c2cc(F)cc(C(F)(F)F)c2)cc(C(=O)NCCc2ccc(Cl)cc2Cl)c(O)c1=O. The molecule has 0 bridgehead atoms. The Balaban J connectivity index is 1.92. The Morgan fingerprint density at radius 2 is 1.82 bits per heavy atom. The van der Waals surface area contributed by atoms with E-state index in [-0.39, 0.29) is 17.8 Å². The highest BCUT2D eigenvalue weighted by molar-refractivity contribution is 6.35. The normalized spacial score (nSPS) is 11.5. The molecular weight excluding hydrogens is 487 g/mol. The summed E-state index contributed by atoms with van der Waals surface area (Å²) in [7, 11) is 1.18.